The molecule has 2 saturated carbocycles. The van der Waals surface area contributed by atoms with E-state index in [-0.39, 0.29) is 44.9 Å². The SMILES string of the molecule is C=CCCOC(=O)c1ccccc1.CC.CC.CC.O=C(OCCC1CC1(F)F)c1ccccc1.OCCC1CC1(F)F. The second-order valence-corrected chi connectivity index (χ2v) is 8.71. The summed E-state index contributed by atoms with van der Waals surface area (Å²) in [7, 11) is 0. The van der Waals surface area contributed by atoms with Crippen LogP contribution in [0, 0.1) is 11.8 Å². The molecule has 2 aliphatic carbocycles. The topological polar surface area (TPSA) is 72.8 Å². The smallest absolute Gasteiger partial charge is 0.338 e. The molecule has 1 N–H and O–H groups in total. The molecule has 2 fully saturated rings. The second kappa shape index (κ2) is 24.3. The van der Waals surface area contributed by atoms with Gasteiger partial charge in [-0.2, -0.15) is 0 Å². The van der Waals surface area contributed by atoms with Gasteiger partial charge in [-0.3, -0.25) is 0 Å². The largest absolute Gasteiger partial charge is 0.462 e. The zero-order chi connectivity index (χ0) is 33.3. The van der Waals surface area contributed by atoms with E-state index < -0.39 is 29.7 Å². The van der Waals surface area contributed by atoms with Crippen molar-refractivity contribution < 1.29 is 41.7 Å². The fourth-order valence-corrected chi connectivity index (χ4v) is 3.17. The highest BCUT2D eigenvalue weighted by Gasteiger charge is 2.56. The lowest BCUT2D eigenvalue weighted by Crippen LogP contribution is -2.07. The van der Waals surface area contributed by atoms with Crippen molar-refractivity contribution in [1.82, 2.24) is 0 Å². The summed E-state index contributed by atoms with van der Waals surface area (Å²) >= 11 is 0. The molecule has 0 spiro atoms. The van der Waals surface area contributed by atoms with Crippen LogP contribution >= 0.6 is 0 Å². The minimum Gasteiger partial charge on any atom is -0.462 e. The van der Waals surface area contributed by atoms with Gasteiger partial charge in [0.2, 0.25) is 0 Å². The molecular weight excluding hydrogens is 564 g/mol. The van der Waals surface area contributed by atoms with Gasteiger partial charge in [0.1, 0.15) is 0 Å². The molecule has 0 saturated heterocycles. The lowest BCUT2D eigenvalue weighted by atomic mass is 10.2. The molecule has 43 heavy (non-hydrogen) atoms. The molecule has 2 aromatic rings. The number of alkyl halides is 4. The fourth-order valence-electron chi connectivity index (χ4n) is 3.17. The predicted octanol–water partition coefficient (Wildman–Crippen LogP) is 9.41. The maximum absolute atomic E-state index is 12.5. The number of hydrogen-bond acceptors (Lipinski definition) is 5. The number of aliphatic hydroxyl groups is 1. The van der Waals surface area contributed by atoms with Gasteiger partial charge in [0, 0.05) is 31.3 Å². The van der Waals surface area contributed by atoms with Gasteiger partial charge >= 0.3 is 11.9 Å². The van der Waals surface area contributed by atoms with E-state index in [0.29, 0.717) is 24.2 Å². The third kappa shape index (κ3) is 18.8. The van der Waals surface area contributed by atoms with E-state index in [4.69, 9.17) is 14.6 Å². The number of ether oxygens (including phenoxy) is 2. The first kappa shape index (κ1) is 41.9. The van der Waals surface area contributed by atoms with Crippen LogP contribution in [0.1, 0.15) is 94.4 Å². The van der Waals surface area contributed by atoms with Crippen molar-refractivity contribution in [2.45, 2.75) is 85.5 Å². The lowest BCUT2D eigenvalue weighted by molar-refractivity contribution is 0.0451. The van der Waals surface area contributed by atoms with E-state index in [9.17, 15) is 27.2 Å². The molecule has 0 heterocycles. The number of aliphatic hydroxyl groups excluding tert-OH is 1. The number of hydrogen-bond donors (Lipinski definition) is 1. The molecule has 0 radical (unpaired) electrons. The monoisotopic (exact) mass is 614 g/mol. The highest BCUT2D eigenvalue weighted by molar-refractivity contribution is 5.89. The molecule has 9 heteroatoms. The van der Waals surface area contributed by atoms with Gasteiger partial charge in [0.05, 0.1) is 24.3 Å². The Morgan fingerprint density at radius 3 is 1.40 bits per heavy atom. The van der Waals surface area contributed by atoms with Crippen LogP contribution in [0.2, 0.25) is 0 Å². The Balaban J connectivity index is 0. The first-order valence-corrected chi connectivity index (χ1v) is 15.0. The summed E-state index contributed by atoms with van der Waals surface area (Å²) in [6.07, 6.45) is 2.82. The average Bonchev–Trinajstić information content (AvgIpc) is 3.88. The third-order valence-electron chi connectivity index (χ3n) is 5.66. The molecule has 5 nitrogen and oxygen atoms in total. The summed E-state index contributed by atoms with van der Waals surface area (Å²) in [5.41, 5.74) is 1.04. The van der Waals surface area contributed by atoms with Gasteiger partial charge < -0.3 is 14.6 Å². The molecule has 0 aromatic heterocycles. The van der Waals surface area contributed by atoms with Gasteiger partial charge in [-0.25, -0.2) is 27.2 Å². The quantitative estimate of drug-likeness (QED) is 0.125. The van der Waals surface area contributed by atoms with Crippen LogP contribution < -0.4 is 0 Å². The maximum atomic E-state index is 12.5. The van der Waals surface area contributed by atoms with E-state index >= 15 is 0 Å². The van der Waals surface area contributed by atoms with Gasteiger partial charge in [0.25, 0.3) is 11.8 Å². The van der Waals surface area contributed by atoms with Crippen LogP contribution in [0.25, 0.3) is 0 Å². The summed E-state index contributed by atoms with van der Waals surface area (Å²) in [6.45, 7) is 15.9. The Morgan fingerprint density at radius 2 is 1.09 bits per heavy atom. The van der Waals surface area contributed by atoms with Crippen LogP contribution in [0.5, 0.6) is 0 Å². The van der Waals surface area contributed by atoms with Gasteiger partial charge in [-0.15, -0.1) is 6.58 Å². The van der Waals surface area contributed by atoms with Crippen LogP contribution in [0.15, 0.2) is 73.3 Å². The van der Waals surface area contributed by atoms with Crippen molar-refractivity contribution in [1.29, 1.82) is 0 Å². The predicted molar refractivity (Wildman–Crippen MR) is 165 cm³/mol. The van der Waals surface area contributed by atoms with E-state index in [1.54, 1.807) is 48.5 Å². The van der Waals surface area contributed by atoms with E-state index in [0.717, 1.165) is 0 Å². The van der Waals surface area contributed by atoms with Crippen molar-refractivity contribution in [3.05, 3.63) is 84.4 Å². The Labute approximate surface area is 255 Å². The third-order valence-corrected chi connectivity index (χ3v) is 5.66. The molecule has 4 rings (SSSR count). The molecule has 2 unspecified atom stereocenters. The summed E-state index contributed by atoms with van der Waals surface area (Å²) in [5, 5.41) is 8.18. The van der Waals surface area contributed by atoms with E-state index in [1.807, 2.05) is 59.7 Å². The Morgan fingerprint density at radius 1 is 0.744 bits per heavy atom. The number of rotatable bonds is 10. The molecule has 0 amide bonds. The highest BCUT2D eigenvalue weighted by Crippen LogP contribution is 2.51. The molecule has 0 aliphatic heterocycles. The summed E-state index contributed by atoms with van der Waals surface area (Å²) in [5.74, 6) is -6.82. The second-order valence-electron chi connectivity index (χ2n) is 8.71. The zero-order valence-electron chi connectivity index (χ0n) is 26.5. The zero-order valence-corrected chi connectivity index (χ0v) is 26.5. The summed E-state index contributed by atoms with van der Waals surface area (Å²) in [4.78, 5) is 22.7. The van der Waals surface area contributed by atoms with Crippen LogP contribution in [-0.4, -0.2) is 48.7 Å². The number of halogens is 4. The highest BCUT2D eigenvalue weighted by atomic mass is 19.3. The minimum absolute atomic E-state index is 0.0203. The lowest BCUT2D eigenvalue weighted by Gasteiger charge is -2.03. The Hall–Kier alpha value is -3.20. The molecule has 244 valence electrons. The first-order valence-electron chi connectivity index (χ1n) is 15.0. The van der Waals surface area contributed by atoms with E-state index in [2.05, 4.69) is 6.58 Å². The van der Waals surface area contributed by atoms with Gasteiger partial charge in [-0.1, -0.05) is 84.0 Å². The summed E-state index contributed by atoms with van der Waals surface area (Å²) in [6, 6.07) is 17.5. The van der Waals surface area contributed by atoms with Crippen molar-refractivity contribution in [3.8, 4) is 0 Å². The Kier molecular flexibility index (Phi) is 23.7. The Bertz CT molecular complexity index is 985. The van der Waals surface area contributed by atoms with Crippen LogP contribution in [-0.2, 0) is 9.47 Å². The molecule has 2 aliphatic rings. The molecular formula is C34H50F4O5. The standard InChI is InChI=1S/C12H12F2O2.C11H12O2.C5H8F2O.3C2H6/c13-12(14)8-10(12)6-7-16-11(15)9-4-2-1-3-5-9;1-2-3-9-13-11(12)10-7-5-4-6-8-10;6-5(7)3-4(5)1-2-8;3*1-2/h1-5,10H,6-8H2;2,4-8H,1,3,9H2;4,8H,1-3H2;3*1-2H3. The first-order chi connectivity index (χ1) is 20.6. The van der Waals surface area contributed by atoms with Crippen molar-refractivity contribution in [3.63, 3.8) is 0 Å². The average molecular weight is 615 g/mol. The van der Waals surface area contributed by atoms with Crippen molar-refractivity contribution in [2.24, 2.45) is 11.8 Å². The molecule has 0 bridgehead atoms. The molecule has 2 atom stereocenters. The van der Waals surface area contributed by atoms with Gasteiger partial charge in [-0.05, 0) is 43.5 Å². The fraction of sp³-hybridized carbons (Fsp3) is 0.529. The normalized spacial score (nSPS) is 17.3. The van der Waals surface area contributed by atoms with Crippen LogP contribution in [0.3, 0.4) is 0 Å². The number of carbonyl (C=O) groups excluding carboxylic acids is 2. The number of benzene rings is 2. The van der Waals surface area contributed by atoms with Gasteiger partial charge in [0.15, 0.2) is 0 Å². The molecule has 2 aromatic carbocycles. The van der Waals surface area contributed by atoms with Crippen LogP contribution in [0.4, 0.5) is 17.6 Å². The van der Waals surface area contributed by atoms with Crippen molar-refractivity contribution in [2.75, 3.05) is 19.8 Å². The number of esters is 2. The minimum atomic E-state index is -2.53. The van der Waals surface area contributed by atoms with Crippen molar-refractivity contribution >= 4 is 11.9 Å². The maximum Gasteiger partial charge on any atom is 0.338 e. The van der Waals surface area contributed by atoms with E-state index in [1.165, 1.54) is 0 Å². The number of carbonyl (C=O) groups is 2. The summed E-state index contributed by atoms with van der Waals surface area (Å²) < 4.78 is 58.6.